The van der Waals surface area contributed by atoms with Crippen LogP contribution in [0.3, 0.4) is 0 Å². The molecule has 116 valence electrons. The zero-order chi connectivity index (χ0) is 16.1. The van der Waals surface area contributed by atoms with Crippen LogP contribution in [0.15, 0.2) is 47.4 Å². The molecule has 0 radical (unpaired) electrons. The van der Waals surface area contributed by atoms with Gasteiger partial charge in [-0.05, 0) is 49.4 Å². The third-order valence-electron chi connectivity index (χ3n) is 2.94. The first-order chi connectivity index (χ1) is 10.5. The van der Waals surface area contributed by atoms with Gasteiger partial charge in [-0.1, -0.05) is 11.6 Å². The van der Waals surface area contributed by atoms with Crippen molar-refractivity contribution >= 4 is 35.0 Å². The number of benzene rings is 2. The fourth-order valence-corrected chi connectivity index (χ4v) is 2.83. The lowest BCUT2D eigenvalue weighted by Gasteiger charge is -2.14. The second-order valence-electron chi connectivity index (χ2n) is 4.59. The van der Waals surface area contributed by atoms with Gasteiger partial charge in [0.15, 0.2) is 0 Å². The van der Waals surface area contributed by atoms with Crippen molar-refractivity contribution < 1.29 is 14.6 Å². The van der Waals surface area contributed by atoms with Gasteiger partial charge < -0.3 is 15.2 Å². The van der Waals surface area contributed by atoms with Crippen molar-refractivity contribution in [1.29, 1.82) is 0 Å². The van der Waals surface area contributed by atoms with Crippen LogP contribution in [0.4, 0.5) is 5.69 Å². The van der Waals surface area contributed by atoms with Crippen LogP contribution in [0.25, 0.3) is 0 Å². The Morgan fingerprint density at radius 3 is 2.59 bits per heavy atom. The molecule has 1 amide bonds. The summed E-state index contributed by atoms with van der Waals surface area (Å²) in [5, 5.41) is 12.3. The molecule has 2 N–H and O–H groups in total. The van der Waals surface area contributed by atoms with Crippen LogP contribution in [0.2, 0.25) is 5.02 Å². The molecule has 2 aromatic carbocycles. The zero-order valence-corrected chi connectivity index (χ0v) is 13.7. The van der Waals surface area contributed by atoms with E-state index < -0.39 is 0 Å². The Morgan fingerprint density at radius 1 is 1.27 bits per heavy atom. The van der Waals surface area contributed by atoms with Crippen molar-refractivity contribution in [2.75, 3.05) is 12.4 Å². The van der Waals surface area contributed by atoms with Crippen LogP contribution in [0, 0.1) is 0 Å². The second-order valence-corrected chi connectivity index (χ2v) is 6.44. The second kappa shape index (κ2) is 7.42. The van der Waals surface area contributed by atoms with Crippen LogP contribution in [-0.4, -0.2) is 23.4 Å². The Balaban J connectivity index is 2.05. The van der Waals surface area contributed by atoms with Crippen molar-refractivity contribution in [3.63, 3.8) is 0 Å². The molecule has 0 bridgehead atoms. The molecule has 0 heterocycles. The molecule has 0 aliphatic carbocycles. The van der Waals surface area contributed by atoms with Crippen LogP contribution in [-0.2, 0) is 4.79 Å². The molecule has 0 spiro atoms. The van der Waals surface area contributed by atoms with Gasteiger partial charge in [0.05, 0.1) is 18.0 Å². The van der Waals surface area contributed by atoms with E-state index in [0.29, 0.717) is 16.5 Å². The minimum Gasteiger partial charge on any atom is -0.508 e. The summed E-state index contributed by atoms with van der Waals surface area (Å²) in [6.07, 6.45) is 0. The maximum absolute atomic E-state index is 12.3. The molecule has 0 saturated heterocycles. The average molecular weight is 338 g/mol. The number of hydrogen-bond acceptors (Lipinski definition) is 4. The van der Waals surface area contributed by atoms with E-state index in [-0.39, 0.29) is 16.9 Å². The van der Waals surface area contributed by atoms with Gasteiger partial charge in [-0.15, -0.1) is 11.8 Å². The number of ether oxygens (including phenoxy) is 1. The van der Waals surface area contributed by atoms with Gasteiger partial charge in [-0.2, -0.15) is 0 Å². The van der Waals surface area contributed by atoms with E-state index in [1.807, 2.05) is 6.92 Å². The van der Waals surface area contributed by atoms with Crippen LogP contribution in [0.1, 0.15) is 6.92 Å². The van der Waals surface area contributed by atoms with Gasteiger partial charge in [0.25, 0.3) is 0 Å². The minimum atomic E-state index is -0.312. The SMILES string of the molecule is COc1ccc(Cl)cc1NC(=O)C(C)Sc1ccc(O)cc1. The molecule has 0 aromatic heterocycles. The molecule has 0 aliphatic rings. The highest BCUT2D eigenvalue weighted by Crippen LogP contribution is 2.30. The highest BCUT2D eigenvalue weighted by Gasteiger charge is 2.16. The van der Waals surface area contributed by atoms with Gasteiger partial charge >= 0.3 is 0 Å². The first-order valence-corrected chi connectivity index (χ1v) is 7.85. The van der Waals surface area contributed by atoms with Gasteiger partial charge in [-0.25, -0.2) is 0 Å². The van der Waals surface area contributed by atoms with Crippen LogP contribution >= 0.6 is 23.4 Å². The van der Waals surface area contributed by atoms with Crippen molar-refractivity contribution in [3.8, 4) is 11.5 Å². The summed E-state index contributed by atoms with van der Waals surface area (Å²) in [4.78, 5) is 13.2. The van der Waals surface area contributed by atoms with E-state index in [1.54, 1.807) is 42.5 Å². The van der Waals surface area contributed by atoms with E-state index in [1.165, 1.54) is 18.9 Å². The summed E-state index contributed by atoms with van der Waals surface area (Å²) < 4.78 is 5.20. The Hall–Kier alpha value is -1.85. The lowest BCUT2D eigenvalue weighted by molar-refractivity contribution is -0.115. The maximum atomic E-state index is 12.3. The number of carbonyl (C=O) groups excluding carboxylic acids is 1. The molecule has 2 rings (SSSR count). The smallest absolute Gasteiger partial charge is 0.237 e. The van der Waals surface area contributed by atoms with Gasteiger partial charge in [0.2, 0.25) is 5.91 Å². The normalized spacial score (nSPS) is 11.8. The molecule has 0 saturated carbocycles. The summed E-state index contributed by atoms with van der Waals surface area (Å²) >= 11 is 7.35. The summed E-state index contributed by atoms with van der Waals surface area (Å²) in [5.41, 5.74) is 0.540. The number of halogens is 1. The largest absolute Gasteiger partial charge is 0.508 e. The first-order valence-electron chi connectivity index (χ1n) is 6.59. The number of methoxy groups -OCH3 is 1. The number of anilines is 1. The van der Waals surface area contributed by atoms with Gasteiger partial charge in [0.1, 0.15) is 11.5 Å². The summed E-state index contributed by atoms with van der Waals surface area (Å²) in [6, 6.07) is 11.8. The van der Waals surface area contributed by atoms with E-state index in [4.69, 9.17) is 16.3 Å². The number of rotatable bonds is 5. The number of nitrogens with one attached hydrogen (secondary N) is 1. The van der Waals surface area contributed by atoms with Crippen molar-refractivity contribution in [2.45, 2.75) is 17.1 Å². The molecule has 0 aliphatic heterocycles. The monoisotopic (exact) mass is 337 g/mol. The predicted molar refractivity (Wildman–Crippen MR) is 90.1 cm³/mol. The lowest BCUT2D eigenvalue weighted by Crippen LogP contribution is -2.22. The number of carbonyl (C=O) groups is 1. The molecule has 0 fully saturated rings. The first kappa shape index (κ1) is 16.5. The number of phenolic OH excluding ortho intramolecular Hbond substituents is 1. The molecule has 6 heteroatoms. The number of thioether (sulfide) groups is 1. The van der Waals surface area contributed by atoms with Crippen LogP contribution in [0.5, 0.6) is 11.5 Å². The maximum Gasteiger partial charge on any atom is 0.237 e. The topological polar surface area (TPSA) is 58.6 Å². The average Bonchev–Trinajstić information content (AvgIpc) is 2.49. The fraction of sp³-hybridized carbons (Fsp3) is 0.188. The molecular weight excluding hydrogens is 322 g/mol. The minimum absolute atomic E-state index is 0.154. The highest BCUT2D eigenvalue weighted by molar-refractivity contribution is 8.00. The molecular formula is C16H16ClNO3S. The number of amides is 1. The van der Waals surface area contributed by atoms with Crippen LogP contribution < -0.4 is 10.1 Å². The number of phenols is 1. The molecule has 1 atom stereocenters. The third-order valence-corrected chi connectivity index (χ3v) is 4.29. The quantitative estimate of drug-likeness (QED) is 0.804. The molecule has 4 nitrogen and oxygen atoms in total. The lowest BCUT2D eigenvalue weighted by atomic mass is 10.3. The molecule has 22 heavy (non-hydrogen) atoms. The summed E-state index contributed by atoms with van der Waals surface area (Å²) in [7, 11) is 1.54. The van der Waals surface area contributed by atoms with Crippen molar-refractivity contribution in [2.24, 2.45) is 0 Å². The summed E-state index contributed by atoms with van der Waals surface area (Å²) in [5.74, 6) is 0.600. The van der Waals surface area contributed by atoms with E-state index in [0.717, 1.165) is 4.90 Å². The van der Waals surface area contributed by atoms with E-state index in [9.17, 15) is 9.90 Å². The Bertz CT molecular complexity index is 661. The van der Waals surface area contributed by atoms with Crippen molar-refractivity contribution in [3.05, 3.63) is 47.5 Å². The molecule has 1 unspecified atom stereocenters. The zero-order valence-electron chi connectivity index (χ0n) is 12.2. The van der Waals surface area contributed by atoms with Gasteiger partial charge in [0, 0.05) is 9.92 Å². The Morgan fingerprint density at radius 2 is 1.95 bits per heavy atom. The predicted octanol–water partition coefficient (Wildman–Crippen LogP) is 4.17. The van der Waals surface area contributed by atoms with Gasteiger partial charge in [-0.3, -0.25) is 4.79 Å². The number of hydrogen-bond donors (Lipinski definition) is 2. The molecule has 2 aromatic rings. The van der Waals surface area contributed by atoms with E-state index >= 15 is 0 Å². The number of aromatic hydroxyl groups is 1. The van der Waals surface area contributed by atoms with E-state index in [2.05, 4.69) is 5.32 Å². The standard InChI is InChI=1S/C16H16ClNO3S/c1-10(22-13-6-4-12(19)5-7-13)16(20)18-14-9-11(17)3-8-15(14)21-2/h3-10,19H,1-2H3,(H,18,20). The Kier molecular flexibility index (Phi) is 5.57. The summed E-state index contributed by atoms with van der Waals surface area (Å²) in [6.45, 7) is 1.81. The van der Waals surface area contributed by atoms with Crippen molar-refractivity contribution in [1.82, 2.24) is 0 Å². The third kappa shape index (κ3) is 4.32. The highest BCUT2D eigenvalue weighted by atomic mass is 35.5. The Labute approximate surface area is 138 Å². The fourth-order valence-electron chi connectivity index (χ4n) is 1.79.